The molecule has 5 nitrogen and oxygen atoms in total. The monoisotopic (exact) mass is 329 g/mol. The lowest BCUT2D eigenvalue weighted by molar-refractivity contribution is 0.927. The van der Waals surface area contributed by atoms with Gasteiger partial charge in [-0.1, -0.05) is 42.3 Å². The lowest BCUT2D eigenvalue weighted by Crippen LogP contribution is -1.89. The predicted octanol–water partition coefficient (Wildman–Crippen LogP) is 4.07. The lowest BCUT2D eigenvalue weighted by Gasteiger charge is -1.96. The molecule has 0 fully saturated rings. The summed E-state index contributed by atoms with van der Waals surface area (Å²) in [4.78, 5) is 5.79. The number of aromatic amines is 1. The number of H-pyrrole nitrogens is 1. The summed E-state index contributed by atoms with van der Waals surface area (Å²) < 4.78 is 0. The Balaban J connectivity index is 2.10. The number of thiazole rings is 1. The van der Waals surface area contributed by atoms with Crippen LogP contribution in [0.5, 0.6) is 0 Å². The van der Waals surface area contributed by atoms with Crippen LogP contribution in [0.4, 0.5) is 0 Å². The number of nitrogens with one attached hydrogen (secondary N) is 1. The van der Waals surface area contributed by atoms with Crippen LogP contribution in [0.15, 0.2) is 24.3 Å². The zero-order chi connectivity index (χ0) is 15.5. The van der Waals surface area contributed by atoms with Gasteiger partial charge in [0.15, 0.2) is 5.69 Å². The molecule has 0 saturated heterocycles. The number of rotatable bonds is 4. The molecule has 1 N–H and O–H groups in total. The molecule has 110 valence electrons. The number of aryl methyl sites for hydroxylation is 1. The van der Waals surface area contributed by atoms with Crippen molar-refractivity contribution in [3.05, 3.63) is 39.9 Å². The predicted molar refractivity (Wildman–Crippen MR) is 86.6 cm³/mol. The Morgan fingerprint density at radius 3 is 2.73 bits per heavy atom. The molecule has 0 unspecified atom stereocenters. The molecule has 0 bridgehead atoms. The van der Waals surface area contributed by atoms with E-state index >= 15 is 0 Å². The fourth-order valence-corrected chi connectivity index (χ4v) is 3.42. The molecule has 0 amide bonds. The largest absolute Gasteiger partial charge is 0.247 e. The van der Waals surface area contributed by atoms with Crippen molar-refractivity contribution in [2.45, 2.75) is 19.8 Å². The molecular weight excluding hydrogens is 318 g/mol. The van der Waals surface area contributed by atoms with E-state index in [0.717, 1.165) is 34.0 Å². The molecular formula is C15H12ClN5S. The molecule has 1 aromatic carbocycles. The zero-order valence-corrected chi connectivity index (χ0v) is 13.4. The summed E-state index contributed by atoms with van der Waals surface area (Å²) in [7, 11) is 0. The average Bonchev–Trinajstić information content (AvgIpc) is 3.14. The lowest BCUT2D eigenvalue weighted by atomic mass is 10.2. The Hall–Kier alpha value is -2.23. The summed E-state index contributed by atoms with van der Waals surface area (Å²) in [5.41, 5.74) is 2.59. The quantitative estimate of drug-likeness (QED) is 0.782. The van der Waals surface area contributed by atoms with Gasteiger partial charge in [0.1, 0.15) is 22.5 Å². The molecule has 3 aromatic rings. The minimum absolute atomic E-state index is 0.338. The SMILES string of the molecule is CCCc1sc(-c2ccc(Cl)cc2)nc1-c1nn[nH]c1C#N. The molecule has 0 aliphatic carbocycles. The second-order valence-electron chi connectivity index (χ2n) is 4.69. The van der Waals surface area contributed by atoms with Crippen LogP contribution in [-0.2, 0) is 6.42 Å². The van der Waals surface area contributed by atoms with E-state index in [0.29, 0.717) is 16.4 Å². The van der Waals surface area contributed by atoms with E-state index in [1.54, 1.807) is 11.3 Å². The Morgan fingerprint density at radius 2 is 2.05 bits per heavy atom. The average molecular weight is 330 g/mol. The van der Waals surface area contributed by atoms with E-state index in [1.807, 2.05) is 24.3 Å². The second-order valence-corrected chi connectivity index (χ2v) is 6.21. The van der Waals surface area contributed by atoms with E-state index in [4.69, 9.17) is 16.9 Å². The molecule has 2 heterocycles. The number of hydrogen-bond acceptors (Lipinski definition) is 5. The van der Waals surface area contributed by atoms with Gasteiger partial charge in [0.2, 0.25) is 0 Å². The van der Waals surface area contributed by atoms with Gasteiger partial charge in [-0.05, 0) is 18.6 Å². The van der Waals surface area contributed by atoms with Crippen LogP contribution in [-0.4, -0.2) is 20.4 Å². The van der Waals surface area contributed by atoms with Crippen molar-refractivity contribution >= 4 is 22.9 Å². The summed E-state index contributed by atoms with van der Waals surface area (Å²) >= 11 is 7.55. The van der Waals surface area contributed by atoms with Gasteiger partial charge in [-0.25, -0.2) is 10.1 Å². The van der Waals surface area contributed by atoms with Crippen molar-refractivity contribution < 1.29 is 0 Å². The van der Waals surface area contributed by atoms with Crippen LogP contribution < -0.4 is 0 Å². The van der Waals surface area contributed by atoms with Gasteiger partial charge in [-0.15, -0.1) is 16.4 Å². The number of hydrogen-bond donors (Lipinski definition) is 1. The van der Waals surface area contributed by atoms with Crippen molar-refractivity contribution in [2.24, 2.45) is 0 Å². The van der Waals surface area contributed by atoms with Gasteiger partial charge < -0.3 is 0 Å². The van der Waals surface area contributed by atoms with Crippen molar-refractivity contribution in [2.75, 3.05) is 0 Å². The van der Waals surface area contributed by atoms with E-state index in [9.17, 15) is 0 Å². The third kappa shape index (κ3) is 2.73. The molecule has 22 heavy (non-hydrogen) atoms. The highest BCUT2D eigenvalue weighted by molar-refractivity contribution is 7.15. The number of nitrogens with zero attached hydrogens (tertiary/aromatic N) is 4. The first kappa shape index (κ1) is 14.7. The van der Waals surface area contributed by atoms with Gasteiger partial charge in [-0.3, -0.25) is 0 Å². The van der Waals surface area contributed by atoms with E-state index in [2.05, 4.69) is 33.4 Å². The van der Waals surface area contributed by atoms with Crippen LogP contribution in [0, 0.1) is 11.3 Å². The first-order valence-corrected chi connectivity index (χ1v) is 7.99. The van der Waals surface area contributed by atoms with Crippen molar-refractivity contribution in [3.8, 4) is 28.0 Å². The minimum Gasteiger partial charge on any atom is -0.247 e. The van der Waals surface area contributed by atoms with Crippen molar-refractivity contribution in [1.82, 2.24) is 20.4 Å². The Labute approximate surface area is 136 Å². The van der Waals surface area contributed by atoms with Crippen molar-refractivity contribution in [3.63, 3.8) is 0 Å². The van der Waals surface area contributed by atoms with Crippen LogP contribution in [0.3, 0.4) is 0 Å². The zero-order valence-electron chi connectivity index (χ0n) is 11.8. The first-order chi connectivity index (χ1) is 10.7. The number of benzene rings is 1. The van der Waals surface area contributed by atoms with Gasteiger partial charge in [-0.2, -0.15) is 5.26 Å². The third-order valence-electron chi connectivity index (χ3n) is 3.15. The molecule has 0 saturated carbocycles. The molecule has 3 rings (SSSR count). The molecule has 0 aliphatic rings. The molecule has 0 aliphatic heterocycles. The Bertz CT molecular complexity index is 828. The van der Waals surface area contributed by atoms with Gasteiger partial charge in [0.05, 0.1) is 0 Å². The van der Waals surface area contributed by atoms with Gasteiger partial charge in [0.25, 0.3) is 0 Å². The summed E-state index contributed by atoms with van der Waals surface area (Å²) in [6.07, 6.45) is 1.88. The van der Waals surface area contributed by atoms with Gasteiger partial charge >= 0.3 is 0 Å². The number of nitriles is 1. The fraction of sp³-hybridized carbons (Fsp3) is 0.200. The highest BCUT2D eigenvalue weighted by Crippen LogP contribution is 2.35. The van der Waals surface area contributed by atoms with E-state index in [1.165, 1.54) is 0 Å². The summed E-state index contributed by atoms with van der Waals surface area (Å²) in [5, 5.41) is 21.1. The maximum atomic E-state index is 9.14. The minimum atomic E-state index is 0.338. The first-order valence-electron chi connectivity index (χ1n) is 6.80. The number of halogens is 1. The third-order valence-corrected chi connectivity index (χ3v) is 4.57. The topological polar surface area (TPSA) is 78.2 Å². The second kappa shape index (κ2) is 6.26. The van der Waals surface area contributed by atoms with Gasteiger partial charge in [0, 0.05) is 15.5 Å². The molecule has 2 aromatic heterocycles. The Morgan fingerprint density at radius 1 is 1.27 bits per heavy atom. The molecule has 7 heteroatoms. The Kier molecular flexibility index (Phi) is 4.18. The van der Waals surface area contributed by atoms with E-state index in [-0.39, 0.29) is 0 Å². The maximum absolute atomic E-state index is 9.14. The smallest absolute Gasteiger partial charge is 0.165 e. The van der Waals surface area contributed by atoms with Crippen LogP contribution in [0.1, 0.15) is 23.9 Å². The maximum Gasteiger partial charge on any atom is 0.165 e. The van der Waals surface area contributed by atoms with E-state index < -0.39 is 0 Å². The molecule has 0 atom stereocenters. The highest BCUT2D eigenvalue weighted by Gasteiger charge is 2.19. The number of aromatic nitrogens is 4. The van der Waals surface area contributed by atoms with Crippen molar-refractivity contribution in [1.29, 1.82) is 5.26 Å². The molecule has 0 spiro atoms. The standard InChI is InChI=1S/C15H12ClN5S/c1-2-3-12-14(13-11(8-17)19-21-20-13)18-15(22-12)9-4-6-10(16)7-5-9/h4-7H,2-3H2,1H3,(H,19,20,21). The normalized spacial score (nSPS) is 10.6. The fourth-order valence-electron chi connectivity index (χ4n) is 2.12. The highest BCUT2D eigenvalue weighted by atomic mass is 35.5. The summed E-state index contributed by atoms with van der Waals surface area (Å²) in [6.45, 7) is 2.11. The van der Waals surface area contributed by atoms with Crippen LogP contribution in [0.2, 0.25) is 5.02 Å². The molecule has 0 radical (unpaired) electrons. The summed E-state index contributed by atoms with van der Waals surface area (Å²) in [5.74, 6) is 0. The van der Waals surface area contributed by atoms with Crippen LogP contribution in [0.25, 0.3) is 22.0 Å². The summed E-state index contributed by atoms with van der Waals surface area (Å²) in [6, 6.07) is 9.63. The van der Waals surface area contributed by atoms with Crippen LogP contribution >= 0.6 is 22.9 Å².